The highest BCUT2D eigenvalue weighted by Gasteiger charge is 2.12. The van der Waals surface area contributed by atoms with Gasteiger partial charge in [0.25, 0.3) is 0 Å². The number of aromatic nitrogens is 3. The first-order valence-corrected chi connectivity index (χ1v) is 7.18. The first-order chi connectivity index (χ1) is 9.19. The second-order valence-electron chi connectivity index (χ2n) is 4.71. The number of benzene rings is 1. The molecule has 0 radical (unpaired) electrons. The Morgan fingerprint density at radius 2 is 2.16 bits per heavy atom. The van der Waals surface area contributed by atoms with E-state index in [1.807, 2.05) is 4.52 Å². The zero-order chi connectivity index (χ0) is 13.4. The van der Waals surface area contributed by atoms with Crippen LogP contribution in [0.5, 0.6) is 0 Å². The van der Waals surface area contributed by atoms with Crippen LogP contribution in [0, 0.1) is 13.8 Å². The summed E-state index contributed by atoms with van der Waals surface area (Å²) in [7, 11) is 0. The fourth-order valence-corrected chi connectivity index (χ4v) is 3.08. The Balaban J connectivity index is 2.10. The minimum atomic E-state index is 0.630. The van der Waals surface area contributed by atoms with E-state index in [-0.39, 0.29) is 0 Å². The van der Waals surface area contributed by atoms with Crippen molar-refractivity contribution in [1.82, 2.24) is 14.6 Å². The Bertz CT molecular complexity index is 726. The third kappa shape index (κ3) is 2.15. The number of fused-ring (bicyclic) bond motifs is 1. The number of rotatable bonds is 3. The number of nitrogens with two attached hydrogens (primary N) is 1. The molecule has 98 valence electrons. The molecule has 2 N–H and O–H groups in total. The van der Waals surface area contributed by atoms with Crippen molar-refractivity contribution in [3.8, 4) is 11.4 Å². The fraction of sp³-hybridized carbons (Fsp3) is 0.286. The Morgan fingerprint density at radius 1 is 1.32 bits per heavy atom. The molecule has 0 saturated heterocycles. The number of hydrogen-bond donors (Lipinski definition) is 1. The van der Waals surface area contributed by atoms with Crippen molar-refractivity contribution in [1.29, 1.82) is 0 Å². The predicted octanol–water partition coefficient (Wildman–Crippen LogP) is 2.58. The van der Waals surface area contributed by atoms with Gasteiger partial charge in [-0.1, -0.05) is 23.8 Å². The normalized spacial score (nSPS) is 11.3. The molecule has 3 rings (SSSR count). The van der Waals surface area contributed by atoms with E-state index in [1.54, 1.807) is 11.3 Å². The molecule has 0 aliphatic heterocycles. The molecule has 1 aromatic carbocycles. The summed E-state index contributed by atoms with van der Waals surface area (Å²) in [5, 5.41) is 6.69. The molecule has 2 aromatic heterocycles. The van der Waals surface area contributed by atoms with E-state index < -0.39 is 0 Å². The second kappa shape index (κ2) is 4.75. The molecule has 0 unspecified atom stereocenters. The molecular formula is C14H16N4S. The van der Waals surface area contributed by atoms with Gasteiger partial charge in [-0.05, 0) is 26.0 Å². The molecule has 0 atom stereocenters. The molecule has 5 heteroatoms. The summed E-state index contributed by atoms with van der Waals surface area (Å²) in [5.41, 5.74) is 10.3. The first-order valence-electron chi connectivity index (χ1n) is 6.30. The number of aryl methyl sites for hydroxylation is 2. The van der Waals surface area contributed by atoms with Gasteiger partial charge in [0.2, 0.25) is 4.96 Å². The molecule has 0 aliphatic rings. The molecular weight excluding hydrogens is 256 g/mol. The van der Waals surface area contributed by atoms with Crippen molar-refractivity contribution >= 4 is 16.3 Å². The lowest BCUT2D eigenvalue weighted by molar-refractivity contribution is 0.843. The maximum Gasteiger partial charge on any atom is 0.212 e. The average Bonchev–Trinajstić information content (AvgIpc) is 2.91. The molecule has 3 aromatic rings. The Labute approximate surface area is 115 Å². The van der Waals surface area contributed by atoms with Crippen LogP contribution < -0.4 is 5.73 Å². The van der Waals surface area contributed by atoms with Gasteiger partial charge in [-0.2, -0.15) is 4.98 Å². The van der Waals surface area contributed by atoms with Gasteiger partial charge in [0.15, 0.2) is 5.82 Å². The maximum absolute atomic E-state index is 5.61. The monoisotopic (exact) mass is 272 g/mol. The van der Waals surface area contributed by atoms with E-state index in [0.29, 0.717) is 6.54 Å². The molecule has 0 bridgehead atoms. The van der Waals surface area contributed by atoms with Crippen LogP contribution in [0.25, 0.3) is 16.3 Å². The Morgan fingerprint density at radius 3 is 2.89 bits per heavy atom. The van der Waals surface area contributed by atoms with E-state index in [2.05, 4.69) is 47.5 Å². The van der Waals surface area contributed by atoms with Gasteiger partial charge < -0.3 is 5.73 Å². The minimum absolute atomic E-state index is 0.630. The zero-order valence-corrected chi connectivity index (χ0v) is 11.9. The summed E-state index contributed by atoms with van der Waals surface area (Å²) in [6.07, 6.45) is 0.829. The van der Waals surface area contributed by atoms with Gasteiger partial charge >= 0.3 is 0 Å². The molecule has 19 heavy (non-hydrogen) atoms. The Hall–Kier alpha value is -1.72. The standard InChI is InChI=1S/C14H16N4S/c1-9-3-4-12(10(2)7-9)13-16-14-18(17-13)11(5-6-15)8-19-14/h3-4,7-8H,5-6,15H2,1-2H3. The highest BCUT2D eigenvalue weighted by molar-refractivity contribution is 7.15. The van der Waals surface area contributed by atoms with Gasteiger partial charge in [-0.15, -0.1) is 16.4 Å². The number of nitrogens with zero attached hydrogens (tertiary/aromatic N) is 3. The molecule has 2 heterocycles. The molecule has 0 aliphatic carbocycles. The largest absolute Gasteiger partial charge is 0.330 e. The minimum Gasteiger partial charge on any atom is -0.330 e. The van der Waals surface area contributed by atoms with E-state index in [9.17, 15) is 0 Å². The number of hydrogen-bond acceptors (Lipinski definition) is 4. The lowest BCUT2D eigenvalue weighted by Crippen LogP contribution is -2.05. The van der Waals surface area contributed by atoms with Gasteiger partial charge in [0, 0.05) is 17.4 Å². The van der Waals surface area contributed by atoms with Crippen LogP contribution in [0.15, 0.2) is 23.6 Å². The summed E-state index contributed by atoms with van der Waals surface area (Å²) in [5.74, 6) is 0.794. The van der Waals surface area contributed by atoms with Crippen LogP contribution in [0.3, 0.4) is 0 Å². The van der Waals surface area contributed by atoms with E-state index in [1.165, 1.54) is 11.1 Å². The molecule has 0 fully saturated rings. The van der Waals surface area contributed by atoms with E-state index >= 15 is 0 Å². The third-order valence-electron chi connectivity index (χ3n) is 3.17. The highest BCUT2D eigenvalue weighted by atomic mass is 32.1. The van der Waals surface area contributed by atoms with Crippen molar-refractivity contribution < 1.29 is 0 Å². The zero-order valence-electron chi connectivity index (χ0n) is 11.1. The van der Waals surface area contributed by atoms with Crippen molar-refractivity contribution in [2.75, 3.05) is 6.54 Å². The van der Waals surface area contributed by atoms with Gasteiger partial charge in [0.05, 0.1) is 5.69 Å². The summed E-state index contributed by atoms with van der Waals surface area (Å²) >= 11 is 1.61. The topological polar surface area (TPSA) is 56.2 Å². The summed E-state index contributed by atoms with van der Waals surface area (Å²) in [4.78, 5) is 5.54. The van der Waals surface area contributed by atoms with Crippen LogP contribution in [-0.4, -0.2) is 21.1 Å². The SMILES string of the molecule is Cc1ccc(-c2nc3scc(CCN)n3n2)c(C)c1. The van der Waals surface area contributed by atoms with E-state index in [0.717, 1.165) is 28.5 Å². The second-order valence-corrected chi connectivity index (χ2v) is 5.55. The molecule has 0 saturated carbocycles. The highest BCUT2D eigenvalue weighted by Crippen LogP contribution is 2.24. The van der Waals surface area contributed by atoms with E-state index in [4.69, 9.17) is 5.73 Å². The Kier molecular flexibility index (Phi) is 3.08. The van der Waals surface area contributed by atoms with Crippen molar-refractivity contribution in [2.45, 2.75) is 20.3 Å². The summed E-state index contributed by atoms with van der Waals surface area (Å²) in [6.45, 7) is 4.82. The quantitative estimate of drug-likeness (QED) is 0.797. The van der Waals surface area contributed by atoms with Gasteiger partial charge in [-0.3, -0.25) is 0 Å². The summed E-state index contributed by atoms with van der Waals surface area (Å²) < 4.78 is 1.91. The summed E-state index contributed by atoms with van der Waals surface area (Å²) in [6, 6.07) is 6.34. The van der Waals surface area contributed by atoms with Crippen LogP contribution in [0.2, 0.25) is 0 Å². The average molecular weight is 272 g/mol. The van der Waals surface area contributed by atoms with Crippen LogP contribution in [0.4, 0.5) is 0 Å². The van der Waals surface area contributed by atoms with Crippen LogP contribution in [-0.2, 0) is 6.42 Å². The van der Waals surface area contributed by atoms with Crippen molar-refractivity contribution in [2.24, 2.45) is 5.73 Å². The molecule has 4 nitrogen and oxygen atoms in total. The number of thiazole rings is 1. The lowest BCUT2D eigenvalue weighted by Gasteiger charge is -2.02. The van der Waals surface area contributed by atoms with Gasteiger partial charge in [-0.25, -0.2) is 4.52 Å². The molecule has 0 spiro atoms. The lowest BCUT2D eigenvalue weighted by atomic mass is 10.1. The third-order valence-corrected chi connectivity index (χ3v) is 4.04. The fourth-order valence-electron chi connectivity index (χ4n) is 2.22. The smallest absolute Gasteiger partial charge is 0.212 e. The first kappa shape index (κ1) is 12.3. The molecule has 0 amide bonds. The predicted molar refractivity (Wildman–Crippen MR) is 78.5 cm³/mol. The van der Waals surface area contributed by atoms with Crippen LogP contribution in [0.1, 0.15) is 16.8 Å². The van der Waals surface area contributed by atoms with Crippen LogP contribution >= 0.6 is 11.3 Å². The van der Waals surface area contributed by atoms with Crippen molar-refractivity contribution in [3.63, 3.8) is 0 Å². The maximum atomic E-state index is 5.61. The van der Waals surface area contributed by atoms with Gasteiger partial charge in [0.1, 0.15) is 0 Å². The van der Waals surface area contributed by atoms with Crippen molar-refractivity contribution in [3.05, 3.63) is 40.4 Å².